The van der Waals surface area contributed by atoms with E-state index in [4.69, 9.17) is 0 Å². The minimum Gasteiger partial charge on any atom is -0.378 e. The van der Waals surface area contributed by atoms with Gasteiger partial charge in [0.15, 0.2) is 0 Å². The number of aryl methyl sites for hydroxylation is 2. The molecule has 0 aliphatic carbocycles. The molecular formula is C22H26N4O. The molecule has 140 valence electrons. The maximum atomic E-state index is 12.3. The Morgan fingerprint density at radius 3 is 2.33 bits per heavy atom. The summed E-state index contributed by atoms with van der Waals surface area (Å²) in [5.41, 5.74) is 4.69. The van der Waals surface area contributed by atoms with Gasteiger partial charge >= 0.3 is 0 Å². The molecule has 3 aromatic rings. The zero-order valence-electron chi connectivity index (χ0n) is 16.1. The Hall–Kier alpha value is -3.08. The van der Waals surface area contributed by atoms with Crippen molar-refractivity contribution in [1.29, 1.82) is 0 Å². The van der Waals surface area contributed by atoms with Crippen LogP contribution in [0, 0.1) is 6.92 Å². The number of rotatable bonds is 7. The highest BCUT2D eigenvalue weighted by Crippen LogP contribution is 2.15. The summed E-state index contributed by atoms with van der Waals surface area (Å²) in [5, 5.41) is 7.32. The van der Waals surface area contributed by atoms with E-state index < -0.39 is 0 Å². The summed E-state index contributed by atoms with van der Waals surface area (Å²) in [6, 6.07) is 18.5. The molecule has 5 heteroatoms. The van der Waals surface area contributed by atoms with Crippen molar-refractivity contribution in [3.63, 3.8) is 0 Å². The van der Waals surface area contributed by atoms with Crippen LogP contribution < -0.4 is 10.2 Å². The third kappa shape index (κ3) is 5.20. The molecule has 0 bridgehead atoms. The van der Waals surface area contributed by atoms with Gasteiger partial charge in [-0.15, -0.1) is 0 Å². The highest BCUT2D eigenvalue weighted by molar-refractivity contribution is 5.89. The molecule has 1 N–H and O–H groups in total. The third-order valence-corrected chi connectivity index (χ3v) is 4.53. The standard InChI is InChI=1S/C22H26N4O/c1-17-4-6-18(7-5-17)10-13-22(27)24-21-14-15-23-26(21)16-19-8-11-20(12-9-19)25(2)3/h4-9,11-12,14-15H,10,13,16H2,1-3H3,(H,24,27). The van der Waals surface area contributed by atoms with Gasteiger partial charge in [-0.05, 0) is 36.6 Å². The molecule has 0 spiro atoms. The van der Waals surface area contributed by atoms with Crippen molar-refractivity contribution in [3.05, 3.63) is 77.5 Å². The molecule has 27 heavy (non-hydrogen) atoms. The van der Waals surface area contributed by atoms with Crippen molar-refractivity contribution >= 4 is 17.4 Å². The summed E-state index contributed by atoms with van der Waals surface area (Å²) in [7, 11) is 4.04. The fraction of sp³-hybridized carbons (Fsp3) is 0.273. The molecule has 0 radical (unpaired) electrons. The van der Waals surface area contributed by atoms with Gasteiger partial charge in [0, 0.05) is 32.3 Å². The van der Waals surface area contributed by atoms with E-state index in [1.54, 1.807) is 6.20 Å². The lowest BCUT2D eigenvalue weighted by molar-refractivity contribution is -0.116. The van der Waals surface area contributed by atoms with Crippen LogP contribution in [0.15, 0.2) is 60.8 Å². The number of amides is 1. The van der Waals surface area contributed by atoms with E-state index in [1.807, 2.05) is 24.8 Å². The highest BCUT2D eigenvalue weighted by atomic mass is 16.1. The first-order valence-corrected chi connectivity index (χ1v) is 9.15. The van der Waals surface area contributed by atoms with Crippen molar-refractivity contribution in [2.45, 2.75) is 26.3 Å². The van der Waals surface area contributed by atoms with E-state index in [1.165, 1.54) is 11.1 Å². The van der Waals surface area contributed by atoms with E-state index in [-0.39, 0.29) is 5.91 Å². The fourth-order valence-electron chi connectivity index (χ4n) is 2.86. The zero-order chi connectivity index (χ0) is 19.2. The molecule has 0 aliphatic heterocycles. The number of nitrogens with zero attached hydrogens (tertiary/aromatic N) is 3. The highest BCUT2D eigenvalue weighted by Gasteiger charge is 2.08. The van der Waals surface area contributed by atoms with E-state index >= 15 is 0 Å². The maximum Gasteiger partial charge on any atom is 0.225 e. The molecule has 0 unspecified atom stereocenters. The van der Waals surface area contributed by atoms with E-state index in [0.29, 0.717) is 13.0 Å². The number of anilines is 2. The molecule has 1 heterocycles. The Kier molecular flexibility index (Phi) is 5.91. The van der Waals surface area contributed by atoms with Crippen LogP contribution in [0.5, 0.6) is 0 Å². The van der Waals surface area contributed by atoms with Crippen LogP contribution in [0.3, 0.4) is 0 Å². The Morgan fingerprint density at radius 2 is 1.67 bits per heavy atom. The summed E-state index contributed by atoms with van der Waals surface area (Å²) in [6.07, 6.45) is 2.89. The van der Waals surface area contributed by atoms with Crippen LogP contribution in [-0.2, 0) is 17.8 Å². The zero-order valence-corrected chi connectivity index (χ0v) is 16.1. The predicted octanol–water partition coefficient (Wildman–Crippen LogP) is 3.88. The summed E-state index contributed by atoms with van der Waals surface area (Å²) in [4.78, 5) is 14.4. The van der Waals surface area contributed by atoms with Crippen LogP contribution in [0.25, 0.3) is 0 Å². The molecule has 0 fully saturated rings. The van der Waals surface area contributed by atoms with Crippen molar-refractivity contribution < 1.29 is 4.79 Å². The lowest BCUT2D eigenvalue weighted by Crippen LogP contribution is -2.16. The second-order valence-electron chi connectivity index (χ2n) is 6.97. The Balaban J connectivity index is 1.57. The second kappa shape index (κ2) is 8.54. The summed E-state index contributed by atoms with van der Waals surface area (Å²) in [5.74, 6) is 0.723. The van der Waals surface area contributed by atoms with Gasteiger partial charge in [-0.3, -0.25) is 4.79 Å². The van der Waals surface area contributed by atoms with Gasteiger partial charge in [0.05, 0.1) is 12.7 Å². The minimum absolute atomic E-state index is 0.000260. The number of aromatic nitrogens is 2. The Labute approximate surface area is 160 Å². The van der Waals surface area contributed by atoms with Crippen molar-refractivity contribution in [2.24, 2.45) is 0 Å². The predicted molar refractivity (Wildman–Crippen MR) is 110 cm³/mol. The van der Waals surface area contributed by atoms with Gasteiger partial charge in [-0.2, -0.15) is 5.10 Å². The fourth-order valence-corrected chi connectivity index (χ4v) is 2.86. The topological polar surface area (TPSA) is 50.2 Å². The van der Waals surface area contributed by atoms with Crippen molar-refractivity contribution in [2.75, 3.05) is 24.3 Å². The molecule has 0 aliphatic rings. The number of hydrogen-bond donors (Lipinski definition) is 1. The molecule has 1 amide bonds. The lowest BCUT2D eigenvalue weighted by Gasteiger charge is -2.13. The van der Waals surface area contributed by atoms with Gasteiger partial charge in [-0.25, -0.2) is 4.68 Å². The molecule has 3 rings (SSSR count). The molecular weight excluding hydrogens is 336 g/mol. The molecule has 0 saturated heterocycles. The monoisotopic (exact) mass is 362 g/mol. The smallest absolute Gasteiger partial charge is 0.225 e. The van der Waals surface area contributed by atoms with Crippen LogP contribution in [-0.4, -0.2) is 29.8 Å². The van der Waals surface area contributed by atoms with Gasteiger partial charge < -0.3 is 10.2 Å². The summed E-state index contributed by atoms with van der Waals surface area (Å²) in [6.45, 7) is 2.68. The van der Waals surface area contributed by atoms with Gasteiger partial charge in [0.25, 0.3) is 0 Å². The van der Waals surface area contributed by atoms with E-state index in [9.17, 15) is 4.79 Å². The third-order valence-electron chi connectivity index (χ3n) is 4.53. The SMILES string of the molecule is Cc1ccc(CCC(=O)Nc2ccnn2Cc2ccc(N(C)C)cc2)cc1. The molecule has 0 atom stereocenters. The molecule has 2 aromatic carbocycles. The first kappa shape index (κ1) is 18.7. The average molecular weight is 362 g/mol. The number of carbonyl (C=O) groups is 1. The second-order valence-corrected chi connectivity index (χ2v) is 6.97. The summed E-state index contributed by atoms with van der Waals surface area (Å²) < 4.78 is 1.81. The average Bonchev–Trinajstić information content (AvgIpc) is 3.08. The lowest BCUT2D eigenvalue weighted by atomic mass is 10.1. The van der Waals surface area contributed by atoms with Crippen LogP contribution in [0.2, 0.25) is 0 Å². The minimum atomic E-state index is 0.000260. The quantitative estimate of drug-likeness (QED) is 0.694. The number of benzene rings is 2. The van der Waals surface area contributed by atoms with Crippen LogP contribution in [0.4, 0.5) is 11.5 Å². The van der Waals surface area contributed by atoms with Crippen LogP contribution >= 0.6 is 0 Å². The van der Waals surface area contributed by atoms with Gasteiger partial charge in [0.1, 0.15) is 5.82 Å². The number of carbonyl (C=O) groups excluding carboxylic acids is 1. The molecule has 1 aromatic heterocycles. The summed E-state index contributed by atoms with van der Waals surface area (Å²) >= 11 is 0. The van der Waals surface area contributed by atoms with Crippen molar-refractivity contribution in [3.8, 4) is 0 Å². The Morgan fingerprint density at radius 1 is 1.00 bits per heavy atom. The molecule has 5 nitrogen and oxygen atoms in total. The largest absolute Gasteiger partial charge is 0.378 e. The molecule has 0 saturated carbocycles. The van der Waals surface area contributed by atoms with Gasteiger partial charge in [0.2, 0.25) is 5.91 Å². The van der Waals surface area contributed by atoms with E-state index in [2.05, 4.69) is 70.8 Å². The maximum absolute atomic E-state index is 12.3. The van der Waals surface area contributed by atoms with Crippen LogP contribution in [0.1, 0.15) is 23.1 Å². The van der Waals surface area contributed by atoms with E-state index in [0.717, 1.165) is 23.5 Å². The number of nitrogens with one attached hydrogen (secondary N) is 1. The van der Waals surface area contributed by atoms with Gasteiger partial charge in [-0.1, -0.05) is 42.0 Å². The first-order chi connectivity index (χ1) is 13.0. The normalized spacial score (nSPS) is 10.6. The van der Waals surface area contributed by atoms with Crippen molar-refractivity contribution in [1.82, 2.24) is 9.78 Å². The number of hydrogen-bond acceptors (Lipinski definition) is 3. The Bertz CT molecular complexity index is 879. The first-order valence-electron chi connectivity index (χ1n) is 9.15.